The lowest BCUT2D eigenvalue weighted by atomic mass is 9.87. The summed E-state index contributed by atoms with van der Waals surface area (Å²) in [5.41, 5.74) is 1.25. The van der Waals surface area contributed by atoms with Crippen LogP contribution in [-0.2, 0) is 27.1 Å². The smallest absolute Gasteiger partial charge is 0.328 e. The van der Waals surface area contributed by atoms with Crippen LogP contribution in [0.1, 0.15) is 71.8 Å². The van der Waals surface area contributed by atoms with Crippen molar-refractivity contribution in [3.8, 4) is 5.75 Å². The summed E-state index contributed by atoms with van der Waals surface area (Å²) in [6.07, 6.45) is -15.6. The Bertz CT molecular complexity index is 2510. The highest BCUT2D eigenvalue weighted by molar-refractivity contribution is 5.89. The number of benzene rings is 2. The first kappa shape index (κ1) is 46.6. The van der Waals surface area contributed by atoms with Crippen LogP contribution in [0, 0.1) is 20.8 Å². The van der Waals surface area contributed by atoms with Gasteiger partial charge in [0.05, 0.1) is 29.5 Å². The molecule has 10 N–H and O–H groups in total. The van der Waals surface area contributed by atoms with E-state index in [1.54, 1.807) is 33.8 Å². The third-order valence-corrected chi connectivity index (χ3v) is 11.4. The van der Waals surface area contributed by atoms with Gasteiger partial charge in [-0.2, -0.15) is 0 Å². The maximum atomic E-state index is 13.5. The van der Waals surface area contributed by atoms with E-state index in [9.17, 15) is 65.4 Å². The summed E-state index contributed by atoms with van der Waals surface area (Å²) in [7, 11) is 0. The lowest BCUT2D eigenvalue weighted by molar-refractivity contribution is -0.231. The van der Waals surface area contributed by atoms with Gasteiger partial charge in [0, 0.05) is 48.5 Å². The van der Waals surface area contributed by atoms with Crippen LogP contribution < -0.4 is 10.9 Å². The zero-order valence-corrected chi connectivity index (χ0v) is 34.6. The van der Waals surface area contributed by atoms with Crippen LogP contribution >= 0.6 is 0 Å². The molecule has 0 radical (unpaired) electrons. The van der Waals surface area contributed by atoms with Crippen LogP contribution in [0.15, 0.2) is 52.7 Å². The molecule has 0 saturated carbocycles. The van der Waals surface area contributed by atoms with E-state index in [1.165, 1.54) is 25.1 Å². The predicted molar refractivity (Wildman–Crippen MR) is 221 cm³/mol. The van der Waals surface area contributed by atoms with E-state index in [0.29, 0.717) is 22.4 Å². The second-order valence-corrected chi connectivity index (χ2v) is 16.1. The van der Waals surface area contributed by atoms with Crippen LogP contribution in [-0.4, -0.2) is 143 Å². The highest BCUT2D eigenvalue weighted by Crippen LogP contribution is 2.42. The molecule has 0 spiro atoms. The Morgan fingerprint density at radius 3 is 1.63 bits per heavy atom. The van der Waals surface area contributed by atoms with Crippen molar-refractivity contribution in [2.24, 2.45) is 9.98 Å². The summed E-state index contributed by atoms with van der Waals surface area (Å²) in [5.74, 6) is -1.49. The fraction of sp³-hybridized carbons (Fsp3) is 0.512. The number of hydrogen-bond acceptors (Lipinski definition) is 18. The number of aromatic hydroxyl groups is 1. The van der Waals surface area contributed by atoms with Gasteiger partial charge < -0.3 is 69.4 Å². The first-order chi connectivity index (χ1) is 29.3. The number of nitrogens with zero attached hydrogens (tertiary/aromatic N) is 2. The second kappa shape index (κ2) is 18.8. The van der Waals surface area contributed by atoms with Crippen molar-refractivity contribution in [3.63, 3.8) is 0 Å². The van der Waals surface area contributed by atoms with E-state index in [0.717, 1.165) is 0 Å². The fourth-order valence-corrected chi connectivity index (χ4v) is 8.31. The second-order valence-electron chi connectivity index (χ2n) is 16.1. The minimum absolute atomic E-state index is 0.00218. The molecule has 19 heteroatoms. The third-order valence-electron chi connectivity index (χ3n) is 11.4. The van der Waals surface area contributed by atoms with Crippen molar-refractivity contribution in [1.82, 2.24) is 0 Å². The molecule has 2 aliphatic heterocycles. The van der Waals surface area contributed by atoms with Crippen LogP contribution in [0.25, 0.3) is 21.9 Å². The zero-order chi connectivity index (χ0) is 45.5. The number of carboxylic acid groups (broad SMARTS) is 1. The van der Waals surface area contributed by atoms with Crippen molar-refractivity contribution in [2.45, 2.75) is 121 Å². The lowest BCUT2D eigenvalue weighted by Crippen LogP contribution is -2.55. The number of aliphatic carboxylic acids is 1. The van der Waals surface area contributed by atoms with Gasteiger partial charge in [-0.15, -0.1) is 0 Å². The summed E-state index contributed by atoms with van der Waals surface area (Å²) in [5, 5.41) is 104. The van der Waals surface area contributed by atoms with Crippen LogP contribution in [0.3, 0.4) is 0 Å². The monoisotopic (exact) mass is 868 g/mol. The predicted octanol–water partition coefficient (Wildman–Crippen LogP) is 0.110. The number of carboxylic acids is 1. The molecule has 0 bridgehead atoms. The van der Waals surface area contributed by atoms with E-state index in [4.69, 9.17) is 18.3 Å². The Morgan fingerprint density at radius 1 is 0.661 bits per heavy atom. The number of aliphatic imine (C=N–C) groups is 2. The Balaban J connectivity index is 1.21. The maximum Gasteiger partial charge on any atom is 0.328 e. The van der Waals surface area contributed by atoms with Gasteiger partial charge in [-0.3, -0.25) is 19.6 Å². The summed E-state index contributed by atoms with van der Waals surface area (Å²) < 4.78 is 23.8. The molecule has 2 aromatic carbocycles. The topological polar surface area (TPSA) is 323 Å². The molecule has 0 aliphatic carbocycles. The molecule has 0 amide bonds. The number of phenols is 1. The summed E-state index contributed by atoms with van der Waals surface area (Å²) in [4.78, 5) is 48.0. The van der Waals surface area contributed by atoms with Gasteiger partial charge in [-0.1, -0.05) is 6.07 Å². The largest absolute Gasteiger partial charge is 0.507 e. The van der Waals surface area contributed by atoms with E-state index < -0.39 is 103 Å². The highest BCUT2D eigenvalue weighted by Gasteiger charge is 2.47. The average Bonchev–Trinajstić information content (AvgIpc) is 3.19. The van der Waals surface area contributed by atoms with E-state index in [2.05, 4.69) is 9.98 Å². The third kappa shape index (κ3) is 9.09. The van der Waals surface area contributed by atoms with Crippen LogP contribution in [0.5, 0.6) is 5.75 Å². The van der Waals surface area contributed by atoms with Gasteiger partial charge in [0.2, 0.25) is 0 Å². The number of aliphatic hydroxyl groups excluding tert-OH is 8. The van der Waals surface area contributed by atoms with Gasteiger partial charge in [0.1, 0.15) is 95.5 Å². The van der Waals surface area contributed by atoms with Crippen molar-refractivity contribution < 1.29 is 74.2 Å². The molecule has 336 valence electrons. The van der Waals surface area contributed by atoms with Gasteiger partial charge in [-0.25, -0.2) is 4.79 Å². The maximum absolute atomic E-state index is 13.5. The van der Waals surface area contributed by atoms with Gasteiger partial charge >= 0.3 is 5.97 Å². The molecule has 4 aromatic rings. The summed E-state index contributed by atoms with van der Waals surface area (Å²) >= 11 is 0. The molecule has 2 aliphatic rings. The van der Waals surface area contributed by atoms with Gasteiger partial charge in [-0.05, 0) is 63.8 Å². The number of rotatable bonds is 13. The van der Waals surface area contributed by atoms with Gasteiger partial charge in [0.15, 0.2) is 10.9 Å². The number of ether oxygens (including phenoxy) is 2. The fourth-order valence-electron chi connectivity index (χ4n) is 8.31. The molecular weight excluding hydrogens is 816 g/mol. The van der Waals surface area contributed by atoms with Crippen molar-refractivity contribution in [2.75, 3.05) is 19.8 Å². The molecule has 6 rings (SSSR count). The molecule has 19 nitrogen and oxygen atoms in total. The molecular formula is C43H52N2O17. The molecule has 11 unspecified atom stereocenters. The number of hydrogen-bond donors (Lipinski definition) is 10. The number of aryl methyl sites for hydroxylation is 3. The van der Waals surface area contributed by atoms with Crippen molar-refractivity contribution in [3.05, 3.63) is 84.0 Å². The minimum atomic E-state index is -1.79. The Kier molecular flexibility index (Phi) is 14.1. The van der Waals surface area contributed by atoms with E-state index in [-0.39, 0.29) is 76.1 Å². The lowest BCUT2D eigenvalue weighted by Gasteiger charge is -2.40. The van der Waals surface area contributed by atoms with Crippen molar-refractivity contribution in [1.29, 1.82) is 0 Å². The molecule has 62 heavy (non-hydrogen) atoms. The SMILES string of the molecule is CC(Cc1cc(=O)c2c(C)cc(C)c(C3OC(CO)C(O)C(O)C3O)c2o1)=NCCC(N=C(C)Cc1cc(=O)c2c(C)cc(O)c(C3OC(CO)C(O)C(O)C3O)c2o1)C(=O)O. The van der Waals surface area contributed by atoms with Crippen LogP contribution in [0.2, 0.25) is 0 Å². The van der Waals surface area contributed by atoms with Crippen LogP contribution in [0.4, 0.5) is 0 Å². The standard InChI is InChI=1S/C43H52N2O17/c1-16-8-17(2)31(41-37(55)35(53)33(51)27(14-46)61-41)39-29(16)25(49)12-21(59-39)10-19(4)44-7-6-23(43(57)58)45-20(5)11-22-13-26(50)30-18(3)9-24(48)32(40(30)60-22)42-38(56)36(54)34(52)28(15-47)62-42/h8-9,12-13,23,27-28,33-38,41-42,46-48,51-56H,6-7,10-11,14-15H2,1-5H3,(H,57,58). The molecule has 4 heterocycles. The summed E-state index contributed by atoms with van der Waals surface area (Å²) in [6, 6.07) is 4.18. The number of aliphatic hydroxyl groups is 8. The summed E-state index contributed by atoms with van der Waals surface area (Å²) in [6.45, 7) is 6.79. The Labute approximate surface area is 353 Å². The van der Waals surface area contributed by atoms with Gasteiger partial charge in [0.25, 0.3) is 0 Å². The van der Waals surface area contributed by atoms with E-state index in [1.807, 2.05) is 0 Å². The number of phenolic OH excluding ortho intramolecular Hbond substituents is 1. The van der Waals surface area contributed by atoms with E-state index >= 15 is 0 Å². The minimum Gasteiger partial charge on any atom is -0.507 e. The molecule has 2 saturated heterocycles. The number of carbonyl (C=O) groups is 1. The molecule has 2 fully saturated rings. The first-order valence-corrected chi connectivity index (χ1v) is 20.0. The quantitative estimate of drug-likeness (QED) is 0.0797. The normalized spacial score (nSPS) is 27.8. The van der Waals surface area contributed by atoms with Crippen molar-refractivity contribution >= 4 is 39.3 Å². The highest BCUT2D eigenvalue weighted by atomic mass is 16.6. The number of fused-ring (bicyclic) bond motifs is 2. The molecule has 2 aromatic heterocycles. The Hall–Kier alpha value is -4.93. The first-order valence-electron chi connectivity index (χ1n) is 20.0. The zero-order valence-electron chi connectivity index (χ0n) is 34.6. The molecule has 11 atom stereocenters. The Morgan fingerprint density at radius 2 is 1.13 bits per heavy atom. The average molecular weight is 869 g/mol.